The first-order chi connectivity index (χ1) is 8.72. The number of aliphatic hydroxyl groups excluding tert-OH is 1. The van der Waals surface area contributed by atoms with E-state index in [0.717, 1.165) is 12.8 Å². The van der Waals surface area contributed by atoms with Crippen LogP contribution < -0.4 is 5.32 Å². The molecule has 5 heteroatoms. The van der Waals surface area contributed by atoms with Crippen molar-refractivity contribution in [2.45, 2.75) is 18.9 Å². The molecule has 5 nitrogen and oxygen atoms in total. The molecule has 0 radical (unpaired) electrons. The zero-order chi connectivity index (χ0) is 13.0. The molecule has 0 spiro atoms. The summed E-state index contributed by atoms with van der Waals surface area (Å²) in [6, 6.07) is 8.96. The molecule has 0 atom stereocenters. The number of carbonyl (C=O) groups excluding carboxylic acids is 2. The molecule has 0 unspecified atom stereocenters. The lowest BCUT2D eigenvalue weighted by molar-refractivity contribution is -0.143. The molecule has 0 aliphatic heterocycles. The largest absolute Gasteiger partial charge is 0.395 e. The molecule has 0 heterocycles. The van der Waals surface area contributed by atoms with Crippen molar-refractivity contribution in [3.63, 3.8) is 0 Å². The van der Waals surface area contributed by atoms with Crippen molar-refractivity contribution in [1.82, 2.24) is 4.90 Å². The number of hydrogen-bond acceptors (Lipinski definition) is 3. The lowest BCUT2D eigenvalue weighted by atomic mass is 10.3. The van der Waals surface area contributed by atoms with E-state index in [0.29, 0.717) is 5.69 Å². The van der Waals surface area contributed by atoms with E-state index in [-0.39, 0.29) is 19.2 Å². The fraction of sp³-hybridized carbons (Fsp3) is 0.385. The lowest BCUT2D eigenvalue weighted by Crippen LogP contribution is -2.42. The predicted molar refractivity (Wildman–Crippen MR) is 66.9 cm³/mol. The van der Waals surface area contributed by atoms with E-state index in [2.05, 4.69) is 5.32 Å². The van der Waals surface area contributed by atoms with E-state index in [9.17, 15) is 9.59 Å². The highest BCUT2D eigenvalue weighted by molar-refractivity contribution is 6.39. The van der Waals surface area contributed by atoms with Gasteiger partial charge in [-0.2, -0.15) is 0 Å². The summed E-state index contributed by atoms with van der Waals surface area (Å²) in [7, 11) is 0. The van der Waals surface area contributed by atoms with E-state index >= 15 is 0 Å². The second-order valence-corrected chi connectivity index (χ2v) is 4.27. The third kappa shape index (κ3) is 3.07. The summed E-state index contributed by atoms with van der Waals surface area (Å²) in [5.74, 6) is -1.23. The van der Waals surface area contributed by atoms with Gasteiger partial charge in [0.15, 0.2) is 0 Å². The topological polar surface area (TPSA) is 69.6 Å². The van der Waals surface area contributed by atoms with Crippen LogP contribution in [0.15, 0.2) is 30.3 Å². The van der Waals surface area contributed by atoms with Gasteiger partial charge in [-0.05, 0) is 25.0 Å². The van der Waals surface area contributed by atoms with Crippen LogP contribution in [0.25, 0.3) is 0 Å². The number of anilines is 1. The van der Waals surface area contributed by atoms with Crippen molar-refractivity contribution in [3.8, 4) is 0 Å². The lowest BCUT2D eigenvalue weighted by Gasteiger charge is -2.20. The van der Waals surface area contributed by atoms with Crippen LogP contribution in [-0.2, 0) is 9.59 Å². The molecular weight excluding hydrogens is 232 g/mol. The predicted octanol–water partition coefficient (Wildman–Crippen LogP) is 0.608. The van der Waals surface area contributed by atoms with E-state index in [1.807, 2.05) is 6.07 Å². The van der Waals surface area contributed by atoms with Crippen LogP contribution in [0, 0.1) is 0 Å². The van der Waals surface area contributed by atoms with Crippen LogP contribution in [0.4, 0.5) is 5.69 Å². The summed E-state index contributed by atoms with van der Waals surface area (Å²) < 4.78 is 0. The summed E-state index contributed by atoms with van der Waals surface area (Å²) in [4.78, 5) is 25.1. The number of nitrogens with one attached hydrogen (secondary N) is 1. The number of carbonyl (C=O) groups is 2. The smallest absolute Gasteiger partial charge is 0.313 e. The van der Waals surface area contributed by atoms with Crippen LogP contribution in [0.3, 0.4) is 0 Å². The zero-order valence-corrected chi connectivity index (χ0v) is 10.0. The zero-order valence-electron chi connectivity index (χ0n) is 10.0. The Balaban J connectivity index is 1.97. The minimum absolute atomic E-state index is 0.117. The number of rotatable bonds is 4. The molecule has 2 amide bonds. The van der Waals surface area contributed by atoms with E-state index in [4.69, 9.17) is 5.11 Å². The summed E-state index contributed by atoms with van der Waals surface area (Å²) in [6.07, 6.45) is 1.81. The van der Waals surface area contributed by atoms with E-state index < -0.39 is 11.8 Å². The highest BCUT2D eigenvalue weighted by Crippen LogP contribution is 2.26. The van der Waals surface area contributed by atoms with Gasteiger partial charge in [-0.25, -0.2) is 0 Å². The summed E-state index contributed by atoms with van der Waals surface area (Å²) in [5.41, 5.74) is 0.593. The first-order valence-corrected chi connectivity index (χ1v) is 6.00. The van der Waals surface area contributed by atoms with Gasteiger partial charge in [-0.1, -0.05) is 18.2 Å². The number of aliphatic hydroxyl groups is 1. The van der Waals surface area contributed by atoms with Crippen molar-refractivity contribution in [2.75, 3.05) is 18.5 Å². The van der Waals surface area contributed by atoms with Gasteiger partial charge in [-0.3, -0.25) is 9.59 Å². The van der Waals surface area contributed by atoms with Gasteiger partial charge in [0.05, 0.1) is 6.61 Å². The normalized spacial score (nSPS) is 14.1. The first kappa shape index (κ1) is 12.6. The Morgan fingerprint density at radius 2 is 1.94 bits per heavy atom. The molecule has 1 fully saturated rings. The summed E-state index contributed by atoms with van der Waals surface area (Å²) >= 11 is 0. The molecule has 0 bridgehead atoms. The number of benzene rings is 1. The Morgan fingerprint density at radius 1 is 1.28 bits per heavy atom. The number of nitrogens with zero attached hydrogens (tertiary/aromatic N) is 1. The summed E-state index contributed by atoms with van der Waals surface area (Å²) in [5, 5.41) is 11.5. The van der Waals surface area contributed by atoms with E-state index in [1.165, 1.54) is 4.90 Å². The maximum Gasteiger partial charge on any atom is 0.313 e. The minimum Gasteiger partial charge on any atom is -0.395 e. The van der Waals surface area contributed by atoms with Gasteiger partial charge in [0.25, 0.3) is 0 Å². The monoisotopic (exact) mass is 248 g/mol. The quantitative estimate of drug-likeness (QED) is 0.767. The number of hydrogen-bond donors (Lipinski definition) is 2. The molecule has 1 saturated carbocycles. The molecule has 1 aliphatic carbocycles. The van der Waals surface area contributed by atoms with Gasteiger partial charge in [-0.15, -0.1) is 0 Å². The average molecular weight is 248 g/mol. The van der Waals surface area contributed by atoms with Gasteiger partial charge < -0.3 is 15.3 Å². The van der Waals surface area contributed by atoms with Crippen molar-refractivity contribution >= 4 is 17.5 Å². The molecule has 1 aromatic carbocycles. The standard InChI is InChI=1S/C13H16N2O3/c16-9-8-15(11-6-7-11)13(18)12(17)14-10-4-2-1-3-5-10/h1-5,11,16H,6-9H2,(H,14,17). The Bertz CT molecular complexity index is 429. The van der Waals surface area contributed by atoms with Crippen LogP contribution in [-0.4, -0.2) is 41.0 Å². The molecule has 96 valence electrons. The second-order valence-electron chi connectivity index (χ2n) is 4.27. The van der Waals surface area contributed by atoms with Crippen LogP contribution in [0.2, 0.25) is 0 Å². The third-order valence-electron chi connectivity index (χ3n) is 2.82. The van der Waals surface area contributed by atoms with Gasteiger partial charge in [0.1, 0.15) is 0 Å². The Morgan fingerprint density at radius 3 is 2.50 bits per heavy atom. The minimum atomic E-state index is -0.651. The van der Waals surface area contributed by atoms with E-state index in [1.54, 1.807) is 24.3 Å². The van der Waals surface area contributed by atoms with Crippen LogP contribution in [0.1, 0.15) is 12.8 Å². The highest BCUT2D eigenvalue weighted by Gasteiger charge is 2.34. The fourth-order valence-electron chi connectivity index (χ4n) is 1.78. The molecule has 0 aromatic heterocycles. The van der Waals surface area contributed by atoms with Crippen LogP contribution in [0.5, 0.6) is 0 Å². The van der Waals surface area contributed by atoms with Crippen molar-refractivity contribution in [2.24, 2.45) is 0 Å². The SMILES string of the molecule is O=C(Nc1ccccc1)C(=O)N(CCO)C1CC1. The summed E-state index contributed by atoms with van der Waals surface area (Å²) in [6.45, 7) is 0.0898. The van der Waals surface area contributed by atoms with Crippen molar-refractivity contribution in [1.29, 1.82) is 0 Å². The maximum absolute atomic E-state index is 11.9. The van der Waals surface area contributed by atoms with Gasteiger partial charge >= 0.3 is 11.8 Å². The molecule has 1 aliphatic rings. The van der Waals surface area contributed by atoms with Crippen molar-refractivity contribution in [3.05, 3.63) is 30.3 Å². The molecule has 2 rings (SSSR count). The molecule has 1 aromatic rings. The Hall–Kier alpha value is -1.88. The first-order valence-electron chi connectivity index (χ1n) is 6.00. The molecule has 0 saturated heterocycles. The van der Waals surface area contributed by atoms with Crippen LogP contribution >= 0.6 is 0 Å². The van der Waals surface area contributed by atoms with Gasteiger partial charge in [0, 0.05) is 18.3 Å². The number of amides is 2. The Labute approximate surface area is 105 Å². The Kier molecular flexibility index (Phi) is 3.94. The fourth-order valence-corrected chi connectivity index (χ4v) is 1.78. The average Bonchev–Trinajstić information content (AvgIpc) is 3.20. The van der Waals surface area contributed by atoms with Gasteiger partial charge in [0.2, 0.25) is 0 Å². The third-order valence-corrected chi connectivity index (χ3v) is 2.82. The maximum atomic E-state index is 11.9. The highest BCUT2D eigenvalue weighted by atomic mass is 16.3. The van der Waals surface area contributed by atoms with Crippen molar-refractivity contribution < 1.29 is 14.7 Å². The molecular formula is C13H16N2O3. The second kappa shape index (κ2) is 5.64. The molecule has 18 heavy (non-hydrogen) atoms. The molecule has 2 N–H and O–H groups in total. The number of para-hydroxylation sites is 1.